The number of benzene rings is 6. The van der Waals surface area contributed by atoms with Crippen LogP contribution in [0.3, 0.4) is 0 Å². The highest BCUT2D eigenvalue weighted by molar-refractivity contribution is 7.99. The lowest BCUT2D eigenvalue weighted by Crippen LogP contribution is -2.35. The van der Waals surface area contributed by atoms with E-state index >= 15 is 0 Å². The Bertz CT molecular complexity index is 2920. The molecule has 0 spiro atoms. The lowest BCUT2D eigenvalue weighted by atomic mass is 9.68. The van der Waals surface area contributed by atoms with Gasteiger partial charge >= 0.3 is 0 Å². The minimum atomic E-state index is -0.737. The number of hydrogen-bond donors (Lipinski definition) is 0. The molecule has 6 nitrogen and oxygen atoms in total. The van der Waals surface area contributed by atoms with Gasteiger partial charge in [0.25, 0.3) is 0 Å². The lowest BCUT2D eigenvalue weighted by Gasteiger charge is -2.40. The summed E-state index contributed by atoms with van der Waals surface area (Å²) in [7, 11) is 0. The second-order valence-corrected chi connectivity index (χ2v) is 14.7. The van der Waals surface area contributed by atoms with Crippen LogP contribution >= 0.6 is 11.8 Å². The molecule has 0 aliphatic carbocycles. The van der Waals surface area contributed by atoms with Gasteiger partial charge in [0.2, 0.25) is 0 Å². The smallest absolute Gasteiger partial charge is 0.164 e. The molecule has 6 aromatic carbocycles. The summed E-state index contributed by atoms with van der Waals surface area (Å²) in [6.07, 6.45) is 3.71. The van der Waals surface area contributed by atoms with Crippen LogP contribution in [0.5, 0.6) is 0 Å². The molecule has 0 saturated heterocycles. The van der Waals surface area contributed by atoms with E-state index < -0.39 is 5.41 Å². The van der Waals surface area contributed by atoms with Crippen LogP contribution in [-0.2, 0) is 5.41 Å². The predicted molar refractivity (Wildman–Crippen MR) is 222 cm³/mol. The molecule has 0 unspecified atom stereocenters. The van der Waals surface area contributed by atoms with Gasteiger partial charge in [-0.25, -0.2) is 15.0 Å². The third-order valence-electron chi connectivity index (χ3n) is 10.3. The lowest BCUT2D eigenvalue weighted by molar-refractivity contribution is 0.654. The molecule has 0 fully saturated rings. The van der Waals surface area contributed by atoms with Crippen molar-refractivity contribution in [2.45, 2.75) is 15.2 Å². The van der Waals surface area contributed by atoms with Gasteiger partial charge in [-0.15, -0.1) is 0 Å². The molecule has 0 N–H and O–H groups in total. The number of pyridine rings is 2. The number of nitrogens with zero attached hydrogens (tertiary/aromatic N) is 6. The molecule has 0 bridgehead atoms. The first-order chi connectivity index (χ1) is 27.7. The Kier molecular flexibility index (Phi) is 8.24. The average Bonchev–Trinajstić information content (AvgIpc) is 3.28. The molecule has 7 heteroatoms. The second-order valence-electron chi connectivity index (χ2n) is 13.6. The monoisotopic (exact) mass is 734 g/mol. The molecular weight excluding hydrogens is 705 g/mol. The van der Waals surface area contributed by atoms with Crippen molar-refractivity contribution in [3.8, 4) is 51.4 Å². The molecule has 0 saturated carbocycles. The highest BCUT2D eigenvalue weighted by Gasteiger charge is 2.46. The maximum absolute atomic E-state index is 9.38. The third kappa shape index (κ3) is 5.72. The van der Waals surface area contributed by atoms with Crippen LogP contribution in [0.1, 0.15) is 28.1 Å². The summed E-state index contributed by atoms with van der Waals surface area (Å²) < 4.78 is 0. The molecule has 56 heavy (non-hydrogen) atoms. The molecule has 0 radical (unpaired) electrons. The van der Waals surface area contributed by atoms with E-state index in [4.69, 9.17) is 24.9 Å². The van der Waals surface area contributed by atoms with Crippen LogP contribution in [0.15, 0.2) is 192 Å². The van der Waals surface area contributed by atoms with Crippen LogP contribution in [0, 0.1) is 11.3 Å². The Balaban J connectivity index is 1.13. The van der Waals surface area contributed by atoms with Crippen molar-refractivity contribution in [2.75, 3.05) is 0 Å². The first-order valence-corrected chi connectivity index (χ1v) is 19.1. The van der Waals surface area contributed by atoms with Crippen molar-refractivity contribution in [1.29, 1.82) is 5.26 Å². The molecule has 1 aliphatic heterocycles. The normalized spacial score (nSPS) is 12.7. The first-order valence-electron chi connectivity index (χ1n) is 18.3. The fraction of sp³-hybridized carbons (Fsp3) is 0.0204. The van der Waals surface area contributed by atoms with Crippen LogP contribution in [0.4, 0.5) is 0 Å². The Morgan fingerprint density at radius 2 is 1.00 bits per heavy atom. The minimum Gasteiger partial charge on any atom is -0.260 e. The highest BCUT2D eigenvalue weighted by Crippen LogP contribution is 2.55. The molecule has 3 aromatic heterocycles. The molecule has 0 amide bonds. The molecule has 4 heterocycles. The van der Waals surface area contributed by atoms with Crippen molar-refractivity contribution in [1.82, 2.24) is 24.9 Å². The Morgan fingerprint density at radius 1 is 0.429 bits per heavy atom. The maximum atomic E-state index is 9.38. The SMILES string of the molecule is N#Cc1ccc2cc(-c3cccc(-c4nc(-c5ccccc5)nc(-c5ccc6c(c5)Sc5ccccc5C6(c5ccccn5)c5ccccn5)n4)c3)ccc2c1. The number of hydrogen-bond acceptors (Lipinski definition) is 7. The zero-order valence-electron chi connectivity index (χ0n) is 29.9. The van der Waals surface area contributed by atoms with E-state index in [0.717, 1.165) is 70.9 Å². The molecule has 262 valence electrons. The summed E-state index contributed by atoms with van der Waals surface area (Å²) in [6, 6.07) is 60.0. The first kappa shape index (κ1) is 33.3. The van der Waals surface area contributed by atoms with Crippen LogP contribution in [0.25, 0.3) is 56.1 Å². The quantitative estimate of drug-likeness (QED) is 0.168. The number of rotatable bonds is 6. The summed E-state index contributed by atoms with van der Waals surface area (Å²) >= 11 is 1.74. The average molecular weight is 735 g/mol. The van der Waals surface area contributed by atoms with E-state index in [9.17, 15) is 5.26 Å². The number of nitriles is 1. The van der Waals surface area contributed by atoms with Gasteiger partial charge in [0.1, 0.15) is 5.41 Å². The standard InChI is InChI=1S/C49H30N6S/c50-31-32-19-20-36-28-37(22-21-35(36)27-32)34-13-10-14-38(29-34)47-53-46(33-11-2-1-3-12-33)54-48(55-47)39-23-24-41-43(30-39)56-42-16-5-4-15-40(42)49(41,44-17-6-8-25-51-44)45-18-7-9-26-52-45/h1-30H. The third-order valence-corrected chi connectivity index (χ3v) is 11.5. The van der Waals surface area contributed by atoms with Crippen molar-refractivity contribution < 1.29 is 0 Å². The fourth-order valence-electron chi connectivity index (χ4n) is 7.72. The van der Waals surface area contributed by atoms with Gasteiger partial charge in [-0.3, -0.25) is 9.97 Å². The summed E-state index contributed by atoms with van der Waals surface area (Å²) in [5.41, 5.74) is 8.77. The summed E-state index contributed by atoms with van der Waals surface area (Å²) in [5, 5.41) is 11.5. The molecule has 1 aliphatic rings. The van der Waals surface area contributed by atoms with Crippen molar-refractivity contribution in [3.05, 3.63) is 210 Å². The highest BCUT2D eigenvalue weighted by atomic mass is 32.2. The van der Waals surface area contributed by atoms with Crippen LogP contribution in [-0.4, -0.2) is 24.9 Å². The van der Waals surface area contributed by atoms with Crippen molar-refractivity contribution in [3.63, 3.8) is 0 Å². The van der Waals surface area contributed by atoms with Gasteiger partial charge in [-0.05, 0) is 93.7 Å². The Hall–Kier alpha value is -7.27. The van der Waals surface area contributed by atoms with Gasteiger partial charge in [-0.2, -0.15) is 5.26 Å². The summed E-state index contributed by atoms with van der Waals surface area (Å²) in [6.45, 7) is 0. The van der Waals surface area contributed by atoms with Gasteiger partial charge in [-0.1, -0.05) is 121 Å². The van der Waals surface area contributed by atoms with Crippen molar-refractivity contribution in [2.24, 2.45) is 0 Å². The van der Waals surface area contributed by atoms with Gasteiger partial charge in [0.05, 0.1) is 23.0 Å². The maximum Gasteiger partial charge on any atom is 0.164 e. The van der Waals surface area contributed by atoms with E-state index in [-0.39, 0.29) is 0 Å². The van der Waals surface area contributed by atoms with Gasteiger partial charge < -0.3 is 0 Å². The largest absolute Gasteiger partial charge is 0.260 e. The van der Waals surface area contributed by atoms with Crippen LogP contribution < -0.4 is 0 Å². The van der Waals surface area contributed by atoms with E-state index in [2.05, 4.69) is 91.0 Å². The molecule has 10 rings (SSSR count). The van der Waals surface area contributed by atoms with Crippen molar-refractivity contribution >= 4 is 22.5 Å². The molecule has 9 aromatic rings. The zero-order valence-corrected chi connectivity index (χ0v) is 30.7. The summed E-state index contributed by atoms with van der Waals surface area (Å²) in [4.78, 5) is 27.5. The Labute approximate surface area is 328 Å². The molecule has 0 atom stereocenters. The minimum absolute atomic E-state index is 0.585. The van der Waals surface area contributed by atoms with Crippen LogP contribution in [0.2, 0.25) is 0 Å². The Morgan fingerprint density at radius 3 is 1.73 bits per heavy atom. The van der Waals surface area contributed by atoms with E-state index in [1.807, 2.05) is 97.3 Å². The second kappa shape index (κ2) is 13.9. The van der Waals surface area contributed by atoms with Gasteiger partial charge in [0.15, 0.2) is 17.5 Å². The van der Waals surface area contributed by atoms with E-state index in [1.54, 1.807) is 11.8 Å². The van der Waals surface area contributed by atoms with Gasteiger partial charge in [0, 0.05) is 38.9 Å². The fourth-order valence-corrected chi connectivity index (χ4v) is 8.95. The summed E-state index contributed by atoms with van der Waals surface area (Å²) in [5.74, 6) is 1.77. The van der Waals surface area contributed by atoms with E-state index in [0.29, 0.717) is 23.0 Å². The molecular formula is C49H30N6S. The zero-order chi connectivity index (χ0) is 37.5. The number of fused-ring (bicyclic) bond motifs is 3. The number of aromatic nitrogens is 5. The van der Waals surface area contributed by atoms with E-state index in [1.165, 1.54) is 0 Å². The topological polar surface area (TPSA) is 88.2 Å². The predicted octanol–water partition coefficient (Wildman–Crippen LogP) is 11.2.